The van der Waals surface area contributed by atoms with Crippen LogP contribution in [0.1, 0.15) is 66.1 Å². The molecule has 40 heavy (non-hydrogen) atoms. The number of amides is 2. The summed E-state index contributed by atoms with van der Waals surface area (Å²) in [6.45, 7) is 3.28. The summed E-state index contributed by atoms with van der Waals surface area (Å²) in [6.07, 6.45) is 2.58. The van der Waals surface area contributed by atoms with E-state index in [1.807, 2.05) is 12.1 Å². The SMILES string of the molecule is O=C(CNC(=O)c1cccc(C(F)(F)F)c1)N[C@@H]1CCN(C2CCCC(C(O)c3ccc(N4CCC4)nc3)C2)C1. The predicted octanol–water partition coefficient (Wildman–Crippen LogP) is 3.52. The van der Waals surface area contributed by atoms with Crippen LogP contribution in [0.15, 0.2) is 42.6 Å². The number of carbonyl (C=O) groups is 2. The fraction of sp³-hybridized carbons (Fsp3) is 0.552. The molecular weight excluding hydrogens is 523 g/mol. The average Bonchev–Trinajstić information content (AvgIpc) is 3.39. The summed E-state index contributed by atoms with van der Waals surface area (Å²) >= 11 is 0. The molecule has 3 heterocycles. The van der Waals surface area contributed by atoms with Crippen molar-refractivity contribution in [2.75, 3.05) is 37.6 Å². The van der Waals surface area contributed by atoms with Crippen LogP contribution in [-0.4, -0.2) is 71.6 Å². The zero-order valence-electron chi connectivity index (χ0n) is 22.4. The minimum absolute atomic E-state index is 0.0680. The summed E-state index contributed by atoms with van der Waals surface area (Å²) in [5.41, 5.74) is -0.204. The molecule has 1 aromatic carbocycles. The molecule has 3 fully saturated rings. The molecule has 8 nitrogen and oxygen atoms in total. The number of benzene rings is 1. The number of aromatic nitrogens is 1. The Hall–Kier alpha value is -3.18. The lowest BCUT2D eigenvalue weighted by Gasteiger charge is -2.37. The lowest BCUT2D eigenvalue weighted by atomic mass is 9.80. The maximum Gasteiger partial charge on any atom is 0.416 e. The molecule has 2 saturated heterocycles. The second-order valence-corrected chi connectivity index (χ2v) is 11.1. The summed E-state index contributed by atoms with van der Waals surface area (Å²) in [4.78, 5) is 33.9. The third-order valence-electron chi connectivity index (χ3n) is 8.39. The zero-order valence-corrected chi connectivity index (χ0v) is 22.4. The first-order valence-corrected chi connectivity index (χ1v) is 14.0. The van der Waals surface area contributed by atoms with Crippen LogP contribution < -0.4 is 15.5 Å². The van der Waals surface area contributed by atoms with Crippen molar-refractivity contribution in [2.24, 2.45) is 5.92 Å². The first-order valence-electron chi connectivity index (χ1n) is 14.0. The van der Waals surface area contributed by atoms with Gasteiger partial charge in [0.15, 0.2) is 0 Å². The van der Waals surface area contributed by atoms with Gasteiger partial charge in [-0.05, 0) is 67.9 Å². The van der Waals surface area contributed by atoms with Crippen LogP contribution in [-0.2, 0) is 11.0 Å². The van der Waals surface area contributed by atoms with Crippen LogP contribution in [0.4, 0.5) is 19.0 Å². The van der Waals surface area contributed by atoms with Crippen molar-refractivity contribution in [3.8, 4) is 0 Å². The Morgan fingerprint density at radius 3 is 2.60 bits per heavy atom. The predicted molar refractivity (Wildman–Crippen MR) is 144 cm³/mol. The molecule has 4 atom stereocenters. The van der Waals surface area contributed by atoms with E-state index >= 15 is 0 Å². The summed E-state index contributed by atoms with van der Waals surface area (Å²) in [7, 11) is 0. The molecule has 1 saturated carbocycles. The highest BCUT2D eigenvalue weighted by Gasteiger charge is 2.35. The van der Waals surface area contributed by atoms with Crippen molar-refractivity contribution in [2.45, 2.75) is 62.9 Å². The molecule has 0 radical (unpaired) electrons. The molecule has 3 N–H and O–H groups in total. The van der Waals surface area contributed by atoms with E-state index in [0.29, 0.717) is 12.6 Å². The van der Waals surface area contributed by atoms with E-state index < -0.39 is 23.8 Å². The highest BCUT2D eigenvalue weighted by molar-refractivity contribution is 5.96. The topological polar surface area (TPSA) is 97.8 Å². The highest BCUT2D eigenvalue weighted by Crippen LogP contribution is 2.37. The number of aliphatic hydroxyl groups excluding tert-OH is 1. The number of anilines is 1. The van der Waals surface area contributed by atoms with Gasteiger partial charge < -0.3 is 20.6 Å². The summed E-state index contributed by atoms with van der Waals surface area (Å²) in [5.74, 6) is 0.00370. The Morgan fingerprint density at radius 1 is 1.07 bits per heavy atom. The van der Waals surface area contributed by atoms with Crippen LogP contribution in [0, 0.1) is 5.92 Å². The molecule has 2 amide bonds. The van der Waals surface area contributed by atoms with Gasteiger partial charge in [-0.3, -0.25) is 14.5 Å². The lowest BCUT2D eigenvalue weighted by molar-refractivity contribution is -0.137. The van der Waals surface area contributed by atoms with Crippen molar-refractivity contribution < 1.29 is 27.9 Å². The quantitative estimate of drug-likeness (QED) is 0.458. The maximum absolute atomic E-state index is 12.9. The molecule has 3 aliphatic rings. The molecule has 0 spiro atoms. The standard InChI is InChI=1S/C29H36F3N5O3/c30-29(31,32)22-6-1-5-20(14-22)28(40)34-17-26(38)35-23-10-13-37(18-23)24-7-2-4-19(15-24)27(39)21-8-9-25(33-16-21)36-11-3-12-36/h1,5-6,8-9,14,16,19,23-24,27,39H,2-4,7,10-13,15,17-18H2,(H,34,40)(H,35,38)/t19?,23-,24?,27?/m1/s1. The molecular formula is C29H36F3N5O3. The van der Waals surface area contributed by atoms with Gasteiger partial charge >= 0.3 is 6.18 Å². The van der Waals surface area contributed by atoms with E-state index in [9.17, 15) is 27.9 Å². The van der Waals surface area contributed by atoms with Crippen LogP contribution >= 0.6 is 0 Å². The third kappa shape index (κ3) is 6.75. The van der Waals surface area contributed by atoms with Gasteiger partial charge in [-0.2, -0.15) is 13.2 Å². The van der Waals surface area contributed by atoms with E-state index in [4.69, 9.17) is 0 Å². The second kappa shape index (κ2) is 12.1. The fourth-order valence-corrected chi connectivity index (χ4v) is 6.01. The number of hydrogen-bond donors (Lipinski definition) is 3. The van der Waals surface area contributed by atoms with E-state index in [0.717, 1.165) is 75.3 Å². The van der Waals surface area contributed by atoms with E-state index in [2.05, 4.69) is 25.4 Å². The van der Waals surface area contributed by atoms with Crippen molar-refractivity contribution in [3.05, 3.63) is 59.3 Å². The Kier molecular flexibility index (Phi) is 8.60. The molecule has 2 aliphatic heterocycles. The van der Waals surface area contributed by atoms with E-state index in [-0.39, 0.29) is 30.0 Å². The molecule has 3 unspecified atom stereocenters. The number of aliphatic hydroxyl groups is 1. The smallest absolute Gasteiger partial charge is 0.388 e. The Morgan fingerprint density at radius 2 is 1.90 bits per heavy atom. The summed E-state index contributed by atoms with van der Waals surface area (Å²) < 4.78 is 38.7. The zero-order chi connectivity index (χ0) is 28.3. The highest BCUT2D eigenvalue weighted by atomic mass is 19.4. The molecule has 5 rings (SSSR count). The van der Waals surface area contributed by atoms with Gasteiger partial charge in [0.05, 0.1) is 18.2 Å². The second-order valence-electron chi connectivity index (χ2n) is 11.1. The summed E-state index contributed by atoms with van der Waals surface area (Å²) in [6, 6.07) is 8.36. The van der Waals surface area contributed by atoms with Crippen LogP contribution in [0.5, 0.6) is 0 Å². The number of nitrogens with zero attached hydrogens (tertiary/aromatic N) is 3. The summed E-state index contributed by atoms with van der Waals surface area (Å²) in [5, 5.41) is 16.4. The molecule has 1 aromatic heterocycles. The minimum atomic E-state index is -4.55. The van der Waals surface area contributed by atoms with Crippen LogP contribution in [0.3, 0.4) is 0 Å². The van der Waals surface area contributed by atoms with Crippen molar-refractivity contribution in [1.29, 1.82) is 0 Å². The lowest BCUT2D eigenvalue weighted by Crippen LogP contribution is -2.45. The number of hydrogen-bond acceptors (Lipinski definition) is 6. The van der Waals surface area contributed by atoms with Gasteiger partial charge in [0.25, 0.3) is 5.91 Å². The number of carbonyl (C=O) groups excluding carboxylic acids is 2. The van der Waals surface area contributed by atoms with Crippen molar-refractivity contribution >= 4 is 17.6 Å². The van der Waals surface area contributed by atoms with Gasteiger partial charge in [-0.15, -0.1) is 0 Å². The van der Waals surface area contributed by atoms with Gasteiger partial charge in [0.1, 0.15) is 5.82 Å². The first-order chi connectivity index (χ1) is 19.2. The van der Waals surface area contributed by atoms with Gasteiger partial charge in [-0.1, -0.05) is 18.6 Å². The first kappa shape index (κ1) is 28.4. The number of alkyl halides is 3. The van der Waals surface area contributed by atoms with Gasteiger partial charge in [0, 0.05) is 50.0 Å². The number of pyridine rings is 1. The fourth-order valence-electron chi connectivity index (χ4n) is 6.01. The Labute approximate surface area is 231 Å². The Bertz CT molecular complexity index is 1190. The van der Waals surface area contributed by atoms with Gasteiger partial charge in [0.2, 0.25) is 5.91 Å². The number of likely N-dealkylation sites (tertiary alicyclic amines) is 1. The molecule has 1 aliphatic carbocycles. The molecule has 216 valence electrons. The number of rotatable bonds is 8. The molecule has 11 heteroatoms. The minimum Gasteiger partial charge on any atom is -0.388 e. The van der Waals surface area contributed by atoms with Crippen molar-refractivity contribution in [1.82, 2.24) is 20.5 Å². The normalized spacial score (nSPS) is 24.3. The van der Waals surface area contributed by atoms with Crippen LogP contribution in [0.25, 0.3) is 0 Å². The van der Waals surface area contributed by atoms with Crippen molar-refractivity contribution in [3.63, 3.8) is 0 Å². The van der Waals surface area contributed by atoms with E-state index in [1.165, 1.54) is 18.6 Å². The monoisotopic (exact) mass is 559 g/mol. The maximum atomic E-state index is 12.9. The van der Waals surface area contributed by atoms with Crippen LogP contribution in [0.2, 0.25) is 0 Å². The third-order valence-corrected chi connectivity index (χ3v) is 8.39. The number of halogens is 3. The van der Waals surface area contributed by atoms with Gasteiger partial charge in [-0.25, -0.2) is 4.98 Å². The molecule has 2 aromatic rings. The largest absolute Gasteiger partial charge is 0.416 e. The average molecular weight is 560 g/mol. The Balaban J connectivity index is 1.07. The molecule has 0 bridgehead atoms. The van der Waals surface area contributed by atoms with E-state index in [1.54, 1.807) is 6.20 Å². The number of nitrogens with one attached hydrogen (secondary N) is 2.